The Kier molecular flexibility index (Phi) is 4.25. The van der Waals surface area contributed by atoms with Gasteiger partial charge in [-0.25, -0.2) is 15.8 Å². The Morgan fingerprint density at radius 3 is 2.35 bits per heavy atom. The summed E-state index contributed by atoms with van der Waals surface area (Å²) < 4.78 is 0. The highest BCUT2D eigenvalue weighted by Gasteiger charge is 2.19. The summed E-state index contributed by atoms with van der Waals surface area (Å²) in [6, 6.07) is 0. The normalized spacial score (nSPS) is 11.4. The molecule has 1 heterocycles. The van der Waals surface area contributed by atoms with Crippen molar-refractivity contribution in [2.24, 2.45) is 5.84 Å². The highest BCUT2D eigenvalue weighted by Crippen LogP contribution is 2.23. The fourth-order valence-electron chi connectivity index (χ4n) is 1.55. The minimum Gasteiger partial charge on any atom is -0.396 e. The van der Waals surface area contributed by atoms with Crippen molar-refractivity contribution in [2.45, 2.75) is 39.7 Å². The van der Waals surface area contributed by atoms with Crippen LogP contribution >= 0.6 is 0 Å². The van der Waals surface area contributed by atoms with Gasteiger partial charge in [-0.1, -0.05) is 0 Å². The van der Waals surface area contributed by atoms with E-state index in [2.05, 4.69) is 20.7 Å². The van der Waals surface area contributed by atoms with E-state index < -0.39 is 0 Å². The summed E-state index contributed by atoms with van der Waals surface area (Å²) in [7, 11) is 0. The number of nitrogens with zero attached hydrogens (tertiary/aromatic N) is 2. The molecule has 0 aliphatic rings. The highest BCUT2D eigenvalue weighted by molar-refractivity contribution is 5.57. The summed E-state index contributed by atoms with van der Waals surface area (Å²) in [5, 5.41) is 12.3. The zero-order valence-electron chi connectivity index (χ0n) is 10.8. The smallest absolute Gasteiger partial charge is 0.148 e. The van der Waals surface area contributed by atoms with Crippen molar-refractivity contribution < 1.29 is 5.11 Å². The van der Waals surface area contributed by atoms with Crippen LogP contribution in [0.25, 0.3) is 0 Å². The van der Waals surface area contributed by atoms with E-state index in [1.807, 2.05) is 27.7 Å². The minimum absolute atomic E-state index is 0.130. The van der Waals surface area contributed by atoms with Crippen molar-refractivity contribution >= 4 is 11.6 Å². The van der Waals surface area contributed by atoms with Crippen LogP contribution in [0.5, 0.6) is 0 Å². The van der Waals surface area contributed by atoms with E-state index in [1.165, 1.54) is 0 Å². The first kappa shape index (κ1) is 13.7. The molecule has 0 atom stereocenters. The quantitative estimate of drug-likeness (QED) is 0.451. The molecule has 1 aromatic rings. The van der Waals surface area contributed by atoms with Gasteiger partial charge in [-0.3, -0.25) is 0 Å². The Balaban J connectivity index is 3.02. The second kappa shape index (κ2) is 5.29. The molecule has 0 spiro atoms. The number of nitrogens with two attached hydrogens (primary N) is 1. The van der Waals surface area contributed by atoms with Crippen LogP contribution in [0.4, 0.5) is 11.6 Å². The lowest BCUT2D eigenvalue weighted by Crippen LogP contribution is -2.33. The van der Waals surface area contributed by atoms with Crippen LogP contribution in [-0.4, -0.2) is 27.2 Å². The van der Waals surface area contributed by atoms with Crippen LogP contribution in [0.2, 0.25) is 0 Å². The Bertz CT molecular complexity index is 392. The van der Waals surface area contributed by atoms with Crippen LogP contribution in [0, 0.1) is 13.8 Å². The monoisotopic (exact) mass is 239 g/mol. The predicted molar refractivity (Wildman–Crippen MR) is 68.7 cm³/mol. The van der Waals surface area contributed by atoms with Crippen molar-refractivity contribution in [2.75, 3.05) is 17.3 Å². The average Bonchev–Trinajstić information content (AvgIpc) is 2.22. The largest absolute Gasteiger partial charge is 0.396 e. The Labute approximate surface area is 102 Å². The molecule has 1 aromatic heterocycles. The van der Waals surface area contributed by atoms with E-state index in [9.17, 15) is 0 Å². The van der Waals surface area contributed by atoms with Gasteiger partial charge in [-0.05, 0) is 34.1 Å². The maximum absolute atomic E-state index is 9.00. The molecule has 1 rings (SSSR count). The van der Waals surface area contributed by atoms with Gasteiger partial charge in [-0.2, -0.15) is 0 Å². The fraction of sp³-hybridized carbons (Fsp3) is 0.636. The first-order valence-electron chi connectivity index (χ1n) is 5.60. The third kappa shape index (κ3) is 3.54. The lowest BCUT2D eigenvalue weighted by Gasteiger charge is -2.27. The van der Waals surface area contributed by atoms with E-state index in [-0.39, 0.29) is 12.1 Å². The number of aromatic nitrogens is 2. The van der Waals surface area contributed by atoms with Gasteiger partial charge < -0.3 is 15.8 Å². The number of aliphatic hydroxyl groups excluding tert-OH is 1. The average molecular weight is 239 g/mol. The molecule has 0 aromatic carbocycles. The number of hydrogen-bond donors (Lipinski definition) is 4. The van der Waals surface area contributed by atoms with Crippen LogP contribution in [0.1, 0.15) is 31.7 Å². The number of hydrogen-bond acceptors (Lipinski definition) is 6. The van der Waals surface area contributed by atoms with Crippen molar-refractivity contribution in [1.29, 1.82) is 0 Å². The highest BCUT2D eigenvalue weighted by atomic mass is 16.3. The molecule has 17 heavy (non-hydrogen) atoms. The lowest BCUT2D eigenvalue weighted by molar-refractivity contribution is 0.260. The first-order chi connectivity index (χ1) is 7.89. The van der Waals surface area contributed by atoms with Crippen molar-refractivity contribution in [3.05, 3.63) is 11.4 Å². The standard InChI is InChI=1S/C11H21N5O/c1-7-9(15-11(3,4)5-6-17)13-8(2)14-10(7)16-12/h17H,5-6,12H2,1-4H3,(H2,13,14,15,16). The molecule has 5 N–H and O–H groups in total. The zero-order chi connectivity index (χ0) is 13.1. The fourth-order valence-corrected chi connectivity index (χ4v) is 1.55. The summed E-state index contributed by atoms with van der Waals surface area (Å²) >= 11 is 0. The van der Waals surface area contributed by atoms with Crippen molar-refractivity contribution in [3.63, 3.8) is 0 Å². The molecule has 0 saturated heterocycles. The molecule has 0 aliphatic carbocycles. The third-order valence-corrected chi connectivity index (χ3v) is 2.59. The van der Waals surface area contributed by atoms with Gasteiger partial charge >= 0.3 is 0 Å². The van der Waals surface area contributed by atoms with E-state index in [4.69, 9.17) is 10.9 Å². The lowest BCUT2D eigenvalue weighted by atomic mass is 10.0. The summed E-state index contributed by atoms with van der Waals surface area (Å²) in [5.74, 6) is 7.40. The van der Waals surface area contributed by atoms with Gasteiger partial charge in [0.15, 0.2) is 0 Å². The molecule has 0 amide bonds. The van der Waals surface area contributed by atoms with Crippen molar-refractivity contribution in [1.82, 2.24) is 9.97 Å². The van der Waals surface area contributed by atoms with Gasteiger partial charge in [0.2, 0.25) is 0 Å². The van der Waals surface area contributed by atoms with Gasteiger partial charge in [0, 0.05) is 17.7 Å². The summed E-state index contributed by atoms with van der Waals surface area (Å²) in [5.41, 5.74) is 3.19. The molecule has 0 saturated carbocycles. The molecule has 6 heteroatoms. The molecule has 0 fully saturated rings. The first-order valence-corrected chi connectivity index (χ1v) is 5.60. The SMILES string of the molecule is Cc1nc(NN)c(C)c(NC(C)(C)CCO)n1. The molecule has 0 bridgehead atoms. The molecular weight excluding hydrogens is 218 g/mol. The van der Waals surface area contributed by atoms with Crippen LogP contribution in [-0.2, 0) is 0 Å². The number of aryl methyl sites for hydroxylation is 1. The third-order valence-electron chi connectivity index (χ3n) is 2.59. The second-order valence-corrected chi connectivity index (χ2v) is 4.72. The van der Waals surface area contributed by atoms with Gasteiger partial charge in [0.25, 0.3) is 0 Å². The molecule has 0 aliphatic heterocycles. The number of rotatable bonds is 5. The zero-order valence-corrected chi connectivity index (χ0v) is 10.8. The van der Waals surface area contributed by atoms with Crippen LogP contribution in [0.15, 0.2) is 0 Å². The van der Waals surface area contributed by atoms with Gasteiger partial charge in [-0.15, -0.1) is 0 Å². The summed E-state index contributed by atoms with van der Waals surface area (Å²) in [6.07, 6.45) is 0.640. The molecule has 96 valence electrons. The molecular formula is C11H21N5O. The minimum atomic E-state index is -0.230. The predicted octanol–water partition coefficient (Wildman–Crippen LogP) is 0.952. The number of hydrazine groups is 1. The maximum atomic E-state index is 9.00. The Morgan fingerprint density at radius 2 is 1.82 bits per heavy atom. The Hall–Kier alpha value is -1.40. The maximum Gasteiger partial charge on any atom is 0.148 e. The van der Waals surface area contributed by atoms with E-state index in [0.717, 1.165) is 11.4 Å². The number of nitrogens with one attached hydrogen (secondary N) is 2. The van der Waals surface area contributed by atoms with Crippen molar-refractivity contribution in [3.8, 4) is 0 Å². The van der Waals surface area contributed by atoms with E-state index in [1.54, 1.807) is 0 Å². The van der Waals surface area contributed by atoms with Gasteiger partial charge in [0.1, 0.15) is 17.5 Å². The van der Waals surface area contributed by atoms with Crippen LogP contribution in [0.3, 0.4) is 0 Å². The molecule has 6 nitrogen and oxygen atoms in total. The van der Waals surface area contributed by atoms with Crippen LogP contribution < -0.4 is 16.6 Å². The summed E-state index contributed by atoms with van der Waals surface area (Å²) in [6.45, 7) is 7.85. The van der Waals surface area contributed by atoms with Gasteiger partial charge in [0.05, 0.1) is 0 Å². The van der Waals surface area contributed by atoms with E-state index in [0.29, 0.717) is 18.1 Å². The molecule has 0 unspecified atom stereocenters. The topological polar surface area (TPSA) is 96.1 Å². The number of aliphatic hydroxyl groups is 1. The molecule has 0 radical (unpaired) electrons. The van der Waals surface area contributed by atoms with E-state index >= 15 is 0 Å². The number of nitrogen functional groups attached to an aromatic ring is 1. The summed E-state index contributed by atoms with van der Waals surface area (Å²) in [4.78, 5) is 8.54. The second-order valence-electron chi connectivity index (χ2n) is 4.72. The number of anilines is 2. The Morgan fingerprint density at radius 1 is 1.24 bits per heavy atom.